The Hall–Kier alpha value is -5.60. The molecule has 0 aromatic carbocycles. The van der Waals surface area contributed by atoms with Crippen LogP contribution in [0.2, 0.25) is 0 Å². The fraction of sp³-hybridized carbons (Fsp3) is 0.538. The van der Waals surface area contributed by atoms with Crippen molar-refractivity contribution in [3.8, 4) is 0 Å². The molecule has 284 valence electrons. The van der Waals surface area contributed by atoms with Crippen molar-refractivity contribution in [1.29, 1.82) is 0 Å². The van der Waals surface area contributed by atoms with E-state index in [1.165, 1.54) is 28.4 Å². The van der Waals surface area contributed by atoms with Gasteiger partial charge >= 0.3 is 65.0 Å². The lowest BCUT2D eigenvalue weighted by atomic mass is 10.4. The first-order valence-electron chi connectivity index (χ1n) is 15.1. The highest BCUT2D eigenvalue weighted by atomic mass is 16.5. The Morgan fingerprint density at radius 3 is 0.980 bits per heavy atom. The summed E-state index contributed by atoms with van der Waals surface area (Å²) in [4.78, 5) is 137. The summed E-state index contributed by atoms with van der Waals surface area (Å²) >= 11 is 0. The van der Waals surface area contributed by atoms with Crippen LogP contribution < -0.4 is 63.8 Å². The summed E-state index contributed by atoms with van der Waals surface area (Å²) in [6, 6.07) is 0. The van der Waals surface area contributed by atoms with Crippen molar-refractivity contribution < 1.29 is 62.3 Å². The topological polar surface area (TPSA) is 358 Å². The van der Waals surface area contributed by atoms with Crippen molar-refractivity contribution in [2.24, 2.45) is 0 Å². The van der Waals surface area contributed by atoms with E-state index in [1.54, 1.807) is 0 Å². The molecule has 11 amide bonds. The van der Waals surface area contributed by atoms with Crippen molar-refractivity contribution in [3.63, 3.8) is 0 Å². The fourth-order valence-electron chi connectivity index (χ4n) is 3.10. The second-order valence-electron chi connectivity index (χ2n) is 9.48. The Labute approximate surface area is 290 Å². The third-order valence-corrected chi connectivity index (χ3v) is 5.61. The Balaban J connectivity index is 3.91. The molecule has 0 heterocycles. The summed E-state index contributed by atoms with van der Waals surface area (Å²) < 4.78 is 4.52. The minimum atomic E-state index is -1.96. The number of methoxy groups -OCH3 is 1. The van der Waals surface area contributed by atoms with E-state index in [0.29, 0.717) is 26.2 Å². The SMILES string of the molecule is COC(=O)CNCCNCCNCCNCCNCCNCCNC(=O)C(=O)NC(=O)C(=O)NC(=O)C(=O)NC(=O)C(=O)NC(=O)C(=O)NC=O. The van der Waals surface area contributed by atoms with Crippen LogP contribution in [0.15, 0.2) is 0 Å². The van der Waals surface area contributed by atoms with Crippen LogP contribution in [-0.2, 0) is 62.3 Å². The van der Waals surface area contributed by atoms with Gasteiger partial charge in [0.15, 0.2) is 0 Å². The molecule has 0 aromatic heterocycles. The first kappa shape index (κ1) is 45.4. The van der Waals surface area contributed by atoms with Gasteiger partial charge < -0.3 is 42.0 Å². The lowest BCUT2D eigenvalue weighted by Gasteiger charge is -2.09. The molecule has 0 aliphatic heterocycles. The van der Waals surface area contributed by atoms with Crippen LogP contribution >= 0.6 is 0 Å². The number of carbonyl (C=O) groups excluding carboxylic acids is 12. The summed E-state index contributed by atoms with van der Waals surface area (Å²) in [5.41, 5.74) is 0. The highest BCUT2D eigenvalue weighted by molar-refractivity contribution is 6.53. The Kier molecular flexibility index (Phi) is 25.2. The number of esters is 1. The van der Waals surface area contributed by atoms with Crippen molar-refractivity contribution in [2.75, 3.05) is 92.2 Å². The van der Waals surface area contributed by atoms with Gasteiger partial charge in [-0.1, -0.05) is 0 Å². The summed E-state index contributed by atoms with van der Waals surface area (Å²) in [7, 11) is 1.34. The fourth-order valence-corrected chi connectivity index (χ4v) is 3.10. The van der Waals surface area contributed by atoms with E-state index in [1.807, 2.05) is 0 Å². The molecule has 0 bridgehead atoms. The zero-order valence-electron chi connectivity index (χ0n) is 27.6. The first-order valence-corrected chi connectivity index (χ1v) is 15.1. The van der Waals surface area contributed by atoms with Crippen molar-refractivity contribution in [1.82, 2.24) is 63.8 Å². The standard InChI is InChI=1S/C26H42N12O13/c1-51-16(40)14-32-11-10-30-7-6-28-3-2-27-4-5-29-8-9-31-12-13-33-17(41)19(43)35-21(45)23(47)37-25(49)26(50)38-24(48)22(46)36-20(44)18(42)34-15-39/h15,27-32H,2-14H2,1H3,(H,33,41)(H,34,39,42)(H,35,43,45)(H,36,44,46)(H,37,47,49)(H,38,48,50). The Bertz CT molecular complexity index is 1280. The molecule has 25 heteroatoms. The number of hydrogen-bond donors (Lipinski definition) is 12. The predicted octanol–water partition coefficient (Wildman–Crippen LogP) is -10.3. The van der Waals surface area contributed by atoms with Gasteiger partial charge in [0.05, 0.1) is 13.7 Å². The lowest BCUT2D eigenvalue weighted by molar-refractivity contribution is -0.150. The zero-order valence-corrected chi connectivity index (χ0v) is 27.6. The molecular weight excluding hydrogens is 688 g/mol. The molecule has 0 fully saturated rings. The molecule has 0 rings (SSSR count). The Morgan fingerprint density at radius 1 is 0.392 bits per heavy atom. The van der Waals surface area contributed by atoms with Crippen LogP contribution in [0.5, 0.6) is 0 Å². The number of imide groups is 5. The number of nitrogens with one attached hydrogen (secondary N) is 12. The minimum absolute atomic E-state index is 0.0311. The number of hydrogen-bond acceptors (Lipinski definition) is 19. The van der Waals surface area contributed by atoms with E-state index >= 15 is 0 Å². The van der Waals surface area contributed by atoms with E-state index in [9.17, 15) is 57.5 Å². The van der Waals surface area contributed by atoms with Gasteiger partial charge in [0.2, 0.25) is 6.41 Å². The maximum Gasteiger partial charge on any atom is 0.319 e. The molecule has 51 heavy (non-hydrogen) atoms. The lowest BCUT2D eigenvalue weighted by Crippen LogP contribution is -2.54. The molecule has 0 saturated carbocycles. The van der Waals surface area contributed by atoms with Gasteiger partial charge in [-0.25, -0.2) is 0 Å². The number of ether oxygens (including phenoxy) is 1. The molecule has 0 spiro atoms. The molecule has 25 nitrogen and oxygen atoms in total. The zero-order chi connectivity index (χ0) is 38.4. The highest BCUT2D eigenvalue weighted by Crippen LogP contribution is 1.79. The summed E-state index contributed by atoms with van der Waals surface area (Å²) in [6.07, 6.45) is -0.197. The minimum Gasteiger partial charge on any atom is -0.468 e. The van der Waals surface area contributed by atoms with Crippen LogP contribution in [0.1, 0.15) is 0 Å². The Morgan fingerprint density at radius 2 is 0.667 bits per heavy atom. The van der Waals surface area contributed by atoms with Gasteiger partial charge in [-0.15, -0.1) is 0 Å². The predicted molar refractivity (Wildman–Crippen MR) is 169 cm³/mol. The summed E-state index contributed by atoms with van der Waals surface area (Å²) in [6.45, 7) is 7.54. The monoisotopic (exact) mass is 730 g/mol. The largest absolute Gasteiger partial charge is 0.468 e. The number of amides is 11. The molecule has 0 saturated heterocycles. The van der Waals surface area contributed by atoms with Crippen LogP contribution in [0.4, 0.5) is 0 Å². The molecule has 12 N–H and O–H groups in total. The van der Waals surface area contributed by atoms with Gasteiger partial charge in [-0.3, -0.25) is 84.1 Å². The van der Waals surface area contributed by atoms with Crippen LogP contribution in [-0.4, -0.2) is 164 Å². The molecule has 0 atom stereocenters. The third-order valence-electron chi connectivity index (χ3n) is 5.61. The molecule has 0 aliphatic rings. The van der Waals surface area contributed by atoms with Gasteiger partial charge in [-0.2, -0.15) is 0 Å². The molecular formula is C26H42N12O13. The third kappa shape index (κ3) is 23.4. The van der Waals surface area contributed by atoms with Crippen LogP contribution in [0, 0.1) is 0 Å². The van der Waals surface area contributed by atoms with Crippen molar-refractivity contribution in [3.05, 3.63) is 0 Å². The molecule has 0 aliphatic carbocycles. The van der Waals surface area contributed by atoms with Gasteiger partial charge in [0.1, 0.15) is 0 Å². The van der Waals surface area contributed by atoms with Gasteiger partial charge in [-0.05, 0) is 0 Å². The van der Waals surface area contributed by atoms with E-state index < -0.39 is 59.1 Å². The van der Waals surface area contributed by atoms with Crippen molar-refractivity contribution in [2.45, 2.75) is 0 Å². The van der Waals surface area contributed by atoms with E-state index in [2.05, 4.69) is 42.0 Å². The first-order chi connectivity index (χ1) is 24.3. The van der Waals surface area contributed by atoms with Gasteiger partial charge in [0, 0.05) is 78.5 Å². The smallest absolute Gasteiger partial charge is 0.319 e. The van der Waals surface area contributed by atoms with Crippen LogP contribution in [0.3, 0.4) is 0 Å². The summed E-state index contributed by atoms with van der Waals surface area (Å²) in [5.74, 6) is -18.0. The molecule has 0 unspecified atom stereocenters. The normalized spacial score (nSPS) is 10.1. The van der Waals surface area contributed by atoms with E-state index in [4.69, 9.17) is 0 Å². The average Bonchev–Trinajstić information content (AvgIpc) is 3.10. The number of carbonyl (C=O) groups is 12. The van der Waals surface area contributed by atoms with Crippen molar-refractivity contribution >= 4 is 71.5 Å². The second kappa shape index (κ2) is 28.3. The average molecular weight is 731 g/mol. The summed E-state index contributed by atoms with van der Waals surface area (Å²) in [5, 5.41) is 27.3. The molecule has 0 aromatic rings. The maximum atomic E-state index is 11.8. The second-order valence-corrected chi connectivity index (χ2v) is 9.48. The van der Waals surface area contributed by atoms with Crippen LogP contribution in [0.25, 0.3) is 0 Å². The maximum absolute atomic E-state index is 11.8. The van der Waals surface area contributed by atoms with E-state index in [-0.39, 0.29) is 32.0 Å². The number of rotatable bonds is 21. The van der Waals surface area contributed by atoms with Gasteiger partial charge in [0.25, 0.3) is 0 Å². The highest BCUT2D eigenvalue weighted by Gasteiger charge is 2.28. The van der Waals surface area contributed by atoms with E-state index in [0.717, 1.165) is 44.6 Å². The quantitative estimate of drug-likeness (QED) is 0.0226. The molecule has 0 radical (unpaired) electrons.